The number of ether oxygens (including phenoxy) is 4. The Morgan fingerprint density at radius 1 is 0.971 bits per heavy atom. The number of rotatable bonds is 7. The molecule has 0 aromatic heterocycles. The van der Waals surface area contributed by atoms with E-state index >= 15 is 0 Å². The molecule has 1 aliphatic carbocycles. The van der Waals surface area contributed by atoms with Crippen molar-refractivity contribution in [2.75, 3.05) is 35.0 Å². The summed E-state index contributed by atoms with van der Waals surface area (Å²) in [5.74, 6) is 2.24. The van der Waals surface area contributed by atoms with Gasteiger partial charge in [-0.05, 0) is 60.7 Å². The Morgan fingerprint density at radius 2 is 1.66 bits per heavy atom. The van der Waals surface area contributed by atoms with Gasteiger partial charge in [-0.25, -0.2) is 0 Å². The molecule has 1 saturated heterocycles. The maximum atomic E-state index is 13.5. The van der Waals surface area contributed by atoms with Gasteiger partial charge >= 0.3 is 0 Å². The minimum absolute atomic E-state index is 0.00285. The fourth-order valence-electron chi connectivity index (χ4n) is 5.60. The molecule has 1 saturated carbocycles. The van der Waals surface area contributed by atoms with Crippen LogP contribution in [-0.2, 0) is 4.79 Å². The first-order chi connectivity index (χ1) is 16.9. The molecule has 4 rings (SSSR count). The van der Waals surface area contributed by atoms with Gasteiger partial charge in [0.1, 0.15) is 5.75 Å². The lowest BCUT2D eigenvalue weighted by atomic mass is 9.66. The van der Waals surface area contributed by atoms with Gasteiger partial charge in [0, 0.05) is 18.5 Å². The number of fused-ring (bicyclic) bond motifs is 1. The smallest absolute Gasteiger partial charge is 0.247 e. The van der Waals surface area contributed by atoms with E-state index in [4.69, 9.17) is 18.9 Å². The number of aliphatic hydroxyl groups is 1. The maximum Gasteiger partial charge on any atom is 0.247 e. The zero-order valence-corrected chi connectivity index (χ0v) is 21.0. The molecule has 2 aromatic rings. The predicted molar refractivity (Wildman–Crippen MR) is 134 cm³/mol. The first kappa shape index (κ1) is 24.9. The number of nitrogens with zero attached hydrogens (tertiary/aromatic N) is 1. The Bertz CT molecular complexity index is 1040. The fourth-order valence-corrected chi connectivity index (χ4v) is 5.60. The molecule has 1 heterocycles. The lowest BCUT2D eigenvalue weighted by Gasteiger charge is -2.52. The third kappa shape index (κ3) is 4.96. The second kappa shape index (κ2) is 10.6. The van der Waals surface area contributed by atoms with E-state index in [1.807, 2.05) is 41.3 Å². The number of hydrogen-bond donors (Lipinski definition) is 1. The molecule has 0 bridgehead atoms. The molecule has 7 nitrogen and oxygen atoms in total. The molecule has 7 heteroatoms. The van der Waals surface area contributed by atoms with Crippen molar-refractivity contribution in [3.05, 3.63) is 53.6 Å². The van der Waals surface area contributed by atoms with Gasteiger partial charge in [0.25, 0.3) is 0 Å². The number of carbonyl (C=O) groups is 1. The third-order valence-corrected chi connectivity index (χ3v) is 7.41. The zero-order valence-electron chi connectivity index (χ0n) is 21.0. The van der Waals surface area contributed by atoms with E-state index in [0.29, 0.717) is 30.2 Å². The molecule has 2 fully saturated rings. The van der Waals surface area contributed by atoms with E-state index in [1.54, 1.807) is 40.6 Å². The number of likely N-dealkylation sites (tertiary alicyclic amines) is 1. The van der Waals surface area contributed by atoms with Gasteiger partial charge in [-0.3, -0.25) is 4.79 Å². The highest BCUT2D eigenvalue weighted by molar-refractivity contribution is 5.92. The van der Waals surface area contributed by atoms with Gasteiger partial charge in [0.05, 0.1) is 40.1 Å². The topological polar surface area (TPSA) is 77.5 Å². The van der Waals surface area contributed by atoms with Crippen molar-refractivity contribution < 1.29 is 28.8 Å². The summed E-state index contributed by atoms with van der Waals surface area (Å²) >= 11 is 0. The van der Waals surface area contributed by atoms with Crippen molar-refractivity contribution in [3.8, 4) is 23.0 Å². The van der Waals surface area contributed by atoms with E-state index in [-0.39, 0.29) is 17.9 Å². The van der Waals surface area contributed by atoms with Crippen molar-refractivity contribution in [3.63, 3.8) is 0 Å². The summed E-state index contributed by atoms with van der Waals surface area (Å²) in [5, 5.41) is 11.5. The van der Waals surface area contributed by atoms with Crippen LogP contribution in [0.15, 0.2) is 42.5 Å². The normalized spacial score (nSPS) is 24.1. The van der Waals surface area contributed by atoms with Crippen LogP contribution in [0.3, 0.4) is 0 Å². The van der Waals surface area contributed by atoms with Gasteiger partial charge in [-0.1, -0.05) is 25.0 Å². The largest absolute Gasteiger partial charge is 0.497 e. The minimum atomic E-state index is -0.736. The summed E-state index contributed by atoms with van der Waals surface area (Å²) in [7, 11) is 6.32. The Hall–Kier alpha value is -3.19. The van der Waals surface area contributed by atoms with E-state index < -0.39 is 5.60 Å². The molecule has 0 spiro atoms. The van der Waals surface area contributed by atoms with Crippen LogP contribution in [0.4, 0.5) is 0 Å². The van der Waals surface area contributed by atoms with Gasteiger partial charge in [0.15, 0.2) is 11.5 Å². The van der Waals surface area contributed by atoms with Crippen molar-refractivity contribution in [1.82, 2.24) is 4.90 Å². The number of amides is 1. The zero-order chi connectivity index (χ0) is 25.0. The molecule has 2 aromatic carbocycles. The SMILES string of the molecule is COc1ccc([C@@H]2[C@@H]3CCCC[C@]3(O)CCN2C(=O)C=Cc2cc(OC)c(OC)c(OC)c2)cc1. The fraction of sp³-hybridized carbons (Fsp3) is 0.464. The summed E-state index contributed by atoms with van der Waals surface area (Å²) in [6.07, 6.45) is 7.71. The van der Waals surface area contributed by atoms with Crippen molar-refractivity contribution in [2.45, 2.75) is 43.7 Å². The van der Waals surface area contributed by atoms with E-state index in [0.717, 1.165) is 42.6 Å². The highest BCUT2D eigenvalue weighted by atomic mass is 16.5. The van der Waals surface area contributed by atoms with Crippen LogP contribution in [-0.4, -0.2) is 56.5 Å². The van der Waals surface area contributed by atoms with Gasteiger partial charge in [0.2, 0.25) is 11.7 Å². The van der Waals surface area contributed by atoms with Crippen molar-refractivity contribution in [2.24, 2.45) is 5.92 Å². The second-order valence-corrected chi connectivity index (χ2v) is 9.25. The van der Waals surface area contributed by atoms with Crippen LogP contribution >= 0.6 is 0 Å². The second-order valence-electron chi connectivity index (χ2n) is 9.25. The molecule has 1 aliphatic heterocycles. The van der Waals surface area contributed by atoms with E-state index in [1.165, 1.54) is 0 Å². The number of hydrogen-bond acceptors (Lipinski definition) is 6. The summed E-state index contributed by atoms with van der Waals surface area (Å²) in [6.45, 7) is 0.502. The van der Waals surface area contributed by atoms with Gasteiger partial charge < -0.3 is 29.0 Å². The summed E-state index contributed by atoms with van der Waals surface area (Å²) in [6, 6.07) is 11.3. The lowest BCUT2D eigenvalue weighted by Crippen LogP contribution is -2.56. The first-order valence-electron chi connectivity index (χ1n) is 12.1. The van der Waals surface area contributed by atoms with E-state index in [2.05, 4.69) is 0 Å². The van der Waals surface area contributed by atoms with Crippen LogP contribution in [0.1, 0.15) is 49.3 Å². The highest BCUT2D eigenvalue weighted by Crippen LogP contribution is 2.49. The molecular formula is C28H35NO6. The third-order valence-electron chi connectivity index (χ3n) is 7.41. The molecule has 0 radical (unpaired) electrons. The Kier molecular flexibility index (Phi) is 7.55. The number of methoxy groups -OCH3 is 4. The summed E-state index contributed by atoms with van der Waals surface area (Å²) < 4.78 is 21.6. The highest BCUT2D eigenvalue weighted by Gasteiger charge is 2.49. The van der Waals surface area contributed by atoms with Crippen molar-refractivity contribution >= 4 is 12.0 Å². The standard InChI is InChI=1S/C28H35NO6/c1-32-21-11-9-20(10-12-21)26-22-7-5-6-14-28(22,31)15-16-29(26)25(30)13-8-19-17-23(33-2)27(35-4)24(18-19)34-3/h8-13,17-18,22,26,31H,5-7,14-16H2,1-4H3/t22-,26+,28-/m0/s1. The summed E-state index contributed by atoms with van der Waals surface area (Å²) in [5.41, 5.74) is 1.05. The quantitative estimate of drug-likeness (QED) is 0.581. The van der Waals surface area contributed by atoms with Gasteiger partial charge in [-0.15, -0.1) is 0 Å². The monoisotopic (exact) mass is 481 g/mol. The van der Waals surface area contributed by atoms with Crippen LogP contribution in [0.25, 0.3) is 6.08 Å². The average molecular weight is 482 g/mol. The summed E-state index contributed by atoms with van der Waals surface area (Å²) in [4.78, 5) is 15.4. The number of benzene rings is 2. The molecule has 3 atom stereocenters. The molecule has 1 N–H and O–H groups in total. The minimum Gasteiger partial charge on any atom is -0.497 e. The molecule has 0 unspecified atom stereocenters. The van der Waals surface area contributed by atoms with Crippen LogP contribution < -0.4 is 18.9 Å². The van der Waals surface area contributed by atoms with Gasteiger partial charge in [-0.2, -0.15) is 0 Å². The Labute approximate surface area is 207 Å². The maximum absolute atomic E-state index is 13.5. The van der Waals surface area contributed by atoms with Crippen LogP contribution in [0, 0.1) is 5.92 Å². The Morgan fingerprint density at radius 3 is 2.26 bits per heavy atom. The van der Waals surface area contributed by atoms with Crippen LogP contribution in [0.2, 0.25) is 0 Å². The molecule has 2 aliphatic rings. The number of carbonyl (C=O) groups excluding carboxylic acids is 1. The average Bonchev–Trinajstić information content (AvgIpc) is 2.90. The molecular weight excluding hydrogens is 446 g/mol. The van der Waals surface area contributed by atoms with Crippen LogP contribution in [0.5, 0.6) is 23.0 Å². The molecule has 35 heavy (non-hydrogen) atoms. The lowest BCUT2D eigenvalue weighted by molar-refractivity contribution is -0.150. The number of piperidine rings is 1. The predicted octanol–water partition coefficient (Wildman–Crippen LogP) is 4.63. The molecule has 188 valence electrons. The molecule has 1 amide bonds. The van der Waals surface area contributed by atoms with E-state index in [9.17, 15) is 9.90 Å². The first-order valence-corrected chi connectivity index (χ1v) is 12.1. The van der Waals surface area contributed by atoms with Crippen molar-refractivity contribution in [1.29, 1.82) is 0 Å². The Balaban J connectivity index is 1.65.